The summed E-state index contributed by atoms with van der Waals surface area (Å²) in [4.78, 5) is 54.4. The van der Waals surface area contributed by atoms with E-state index in [4.69, 9.17) is 4.74 Å². The lowest BCUT2D eigenvalue weighted by Crippen LogP contribution is -2.48. The molecule has 6 nitrogen and oxygen atoms in total. The smallest absolute Gasteiger partial charge is 0.330 e. The van der Waals surface area contributed by atoms with Crippen LogP contribution < -0.4 is 0 Å². The fraction of sp³-hybridized carbons (Fsp3) is 0.379. The van der Waals surface area contributed by atoms with Crippen LogP contribution in [0.2, 0.25) is 0 Å². The number of allylic oxidation sites excluding steroid dienone is 2. The zero-order chi connectivity index (χ0) is 24.3. The van der Waals surface area contributed by atoms with Crippen LogP contribution in [0.1, 0.15) is 27.9 Å². The van der Waals surface area contributed by atoms with E-state index in [1.165, 1.54) is 4.90 Å². The van der Waals surface area contributed by atoms with Crippen molar-refractivity contribution < 1.29 is 23.9 Å². The second-order valence-corrected chi connectivity index (χ2v) is 10.3. The van der Waals surface area contributed by atoms with E-state index < -0.39 is 18.6 Å². The molecule has 0 spiro atoms. The second kappa shape index (κ2) is 8.29. The first-order chi connectivity index (χ1) is 16.9. The van der Waals surface area contributed by atoms with Crippen LogP contribution in [0, 0.1) is 42.4 Å². The van der Waals surface area contributed by atoms with Crippen LogP contribution >= 0.6 is 0 Å². The molecule has 2 aromatic carbocycles. The number of imide groups is 1. The number of rotatable bonds is 7. The van der Waals surface area contributed by atoms with Gasteiger partial charge in [0, 0.05) is 12.0 Å². The largest absolute Gasteiger partial charge is 0.456 e. The zero-order valence-corrected chi connectivity index (χ0v) is 19.5. The lowest BCUT2D eigenvalue weighted by atomic mass is 9.63. The lowest BCUT2D eigenvalue weighted by molar-refractivity contribution is -0.158. The summed E-state index contributed by atoms with van der Waals surface area (Å²) in [6.07, 6.45) is 5.45. The van der Waals surface area contributed by atoms with Gasteiger partial charge in [0.1, 0.15) is 6.04 Å². The average molecular weight is 470 g/mol. The number of hydrogen-bond donors (Lipinski definition) is 0. The molecule has 178 valence electrons. The van der Waals surface area contributed by atoms with Crippen LogP contribution in [-0.2, 0) is 25.5 Å². The predicted molar refractivity (Wildman–Crippen MR) is 127 cm³/mol. The Morgan fingerprint density at radius 1 is 0.914 bits per heavy atom. The summed E-state index contributed by atoms with van der Waals surface area (Å²) in [6, 6.07) is 15.2. The summed E-state index contributed by atoms with van der Waals surface area (Å²) in [5.74, 6) is -1.25. The van der Waals surface area contributed by atoms with Gasteiger partial charge >= 0.3 is 5.97 Å². The Kier molecular flexibility index (Phi) is 5.20. The van der Waals surface area contributed by atoms with E-state index >= 15 is 0 Å². The number of ketones is 1. The van der Waals surface area contributed by atoms with Crippen molar-refractivity contribution in [1.29, 1.82) is 0 Å². The Morgan fingerprint density at radius 3 is 2.11 bits per heavy atom. The molecule has 1 heterocycles. The highest BCUT2D eigenvalue weighted by Gasteiger charge is 2.68. The van der Waals surface area contributed by atoms with Crippen LogP contribution in [0.25, 0.3) is 0 Å². The van der Waals surface area contributed by atoms with Gasteiger partial charge in [-0.25, -0.2) is 4.79 Å². The molecule has 35 heavy (non-hydrogen) atoms. The second-order valence-electron chi connectivity index (χ2n) is 10.3. The van der Waals surface area contributed by atoms with Gasteiger partial charge in [-0.3, -0.25) is 19.3 Å². The van der Waals surface area contributed by atoms with E-state index in [9.17, 15) is 19.2 Å². The molecule has 0 radical (unpaired) electrons. The number of aryl methyl sites for hydroxylation is 1. The summed E-state index contributed by atoms with van der Waals surface area (Å²) in [7, 11) is 0. The normalized spacial score (nSPS) is 30.6. The quantitative estimate of drug-likeness (QED) is 0.269. The Bertz CT molecular complexity index is 1200. The third kappa shape index (κ3) is 3.63. The number of carbonyl (C=O) groups is 4. The zero-order valence-electron chi connectivity index (χ0n) is 19.5. The minimum Gasteiger partial charge on any atom is -0.456 e. The first-order valence-electron chi connectivity index (χ1n) is 12.3. The van der Waals surface area contributed by atoms with Crippen LogP contribution in [-0.4, -0.2) is 41.1 Å². The number of hydrogen-bond acceptors (Lipinski definition) is 5. The summed E-state index contributed by atoms with van der Waals surface area (Å²) >= 11 is 0. The Labute approximate surface area is 203 Å². The van der Waals surface area contributed by atoms with Gasteiger partial charge in [-0.1, -0.05) is 72.3 Å². The fourth-order valence-electron chi connectivity index (χ4n) is 6.46. The molecule has 4 aliphatic carbocycles. The first-order valence-corrected chi connectivity index (χ1v) is 12.3. The maximum Gasteiger partial charge on any atom is 0.330 e. The Morgan fingerprint density at radius 2 is 1.51 bits per heavy atom. The molecule has 0 unspecified atom stereocenters. The van der Waals surface area contributed by atoms with Crippen LogP contribution in [0.3, 0.4) is 0 Å². The number of likely N-dealkylation sites (tertiary alicyclic amines) is 1. The van der Waals surface area contributed by atoms with Gasteiger partial charge in [0.15, 0.2) is 12.4 Å². The maximum absolute atomic E-state index is 13.6. The first kappa shape index (κ1) is 22.0. The predicted octanol–water partition coefficient (Wildman–Crippen LogP) is 3.39. The van der Waals surface area contributed by atoms with Crippen molar-refractivity contribution in [3.8, 4) is 0 Å². The molecule has 6 heteroatoms. The van der Waals surface area contributed by atoms with Crippen molar-refractivity contribution in [3.05, 3.63) is 83.4 Å². The van der Waals surface area contributed by atoms with E-state index in [1.807, 2.05) is 49.4 Å². The monoisotopic (exact) mass is 469 g/mol. The molecule has 7 rings (SSSR count). The molecule has 2 aromatic rings. The van der Waals surface area contributed by atoms with E-state index in [2.05, 4.69) is 12.2 Å². The molecule has 3 fully saturated rings. The fourth-order valence-corrected chi connectivity index (χ4v) is 6.46. The Hall–Kier alpha value is -3.54. The third-order valence-electron chi connectivity index (χ3n) is 8.27. The van der Waals surface area contributed by atoms with Gasteiger partial charge in [-0.2, -0.15) is 0 Å². The summed E-state index contributed by atoms with van der Waals surface area (Å²) in [5.41, 5.74) is 2.29. The molecule has 2 bridgehead atoms. The van der Waals surface area contributed by atoms with E-state index in [0.29, 0.717) is 17.4 Å². The van der Waals surface area contributed by atoms with Gasteiger partial charge < -0.3 is 4.74 Å². The van der Waals surface area contributed by atoms with E-state index in [1.54, 1.807) is 12.1 Å². The number of carbonyl (C=O) groups excluding carboxylic acids is 4. The molecule has 0 N–H and O–H groups in total. The molecule has 1 aliphatic heterocycles. The SMILES string of the molecule is Cc1ccc(C(=O)COC(=O)[C@H](Cc2ccccc2)N2C(=O)[C@@H]3[C@H]4C=C[C@@H]([C@@H]5C[C@@H]45)[C@H]3C2=O)cc1. The van der Waals surface area contributed by atoms with Crippen LogP contribution in [0.4, 0.5) is 0 Å². The van der Waals surface area contributed by atoms with Gasteiger partial charge in [0.05, 0.1) is 11.8 Å². The highest BCUT2D eigenvalue weighted by Crippen LogP contribution is 2.65. The molecule has 2 amide bonds. The highest BCUT2D eigenvalue weighted by atomic mass is 16.5. The molecular formula is C29H27NO5. The van der Waals surface area contributed by atoms with Crippen molar-refractivity contribution in [2.24, 2.45) is 35.5 Å². The van der Waals surface area contributed by atoms with Crippen molar-refractivity contribution >= 4 is 23.6 Å². The van der Waals surface area contributed by atoms with Crippen molar-refractivity contribution in [2.45, 2.75) is 25.8 Å². The number of esters is 1. The van der Waals surface area contributed by atoms with Crippen molar-refractivity contribution in [1.82, 2.24) is 4.90 Å². The maximum atomic E-state index is 13.6. The van der Waals surface area contributed by atoms with E-state index in [-0.39, 0.29) is 47.7 Å². The topological polar surface area (TPSA) is 80.8 Å². The van der Waals surface area contributed by atoms with E-state index in [0.717, 1.165) is 17.5 Å². The minimum absolute atomic E-state index is 0.0768. The summed E-state index contributed by atoms with van der Waals surface area (Å²) in [6.45, 7) is 1.49. The third-order valence-corrected chi connectivity index (χ3v) is 8.27. The number of Topliss-reactive ketones (excluding diaryl/α,β-unsaturated/α-hetero) is 1. The Balaban J connectivity index is 1.25. The summed E-state index contributed by atoms with van der Waals surface area (Å²) < 4.78 is 5.43. The standard InChI is InChI=1S/C29H27NO5/c1-16-7-9-18(10-8-16)24(31)15-35-29(34)23(13-17-5-3-2-4-6-17)30-27(32)25-19-11-12-20(22-14-21(19)22)26(25)28(30)33/h2-12,19-23,25-26H,13-15H2,1H3/t19-,20-,21-,22-,23-,25+,26+/m0/s1. The number of nitrogens with zero attached hydrogens (tertiary/aromatic N) is 1. The molecular weight excluding hydrogens is 442 g/mol. The van der Waals surface area contributed by atoms with Gasteiger partial charge in [0.2, 0.25) is 11.8 Å². The van der Waals surface area contributed by atoms with Crippen LogP contribution in [0.15, 0.2) is 66.7 Å². The van der Waals surface area contributed by atoms with Gasteiger partial charge in [0.25, 0.3) is 0 Å². The van der Waals surface area contributed by atoms with Gasteiger partial charge in [-0.15, -0.1) is 0 Å². The minimum atomic E-state index is -1.09. The van der Waals surface area contributed by atoms with Crippen molar-refractivity contribution in [2.75, 3.05) is 6.61 Å². The lowest BCUT2D eigenvalue weighted by Gasteiger charge is -2.37. The molecule has 7 atom stereocenters. The number of amides is 2. The van der Waals surface area contributed by atoms with Gasteiger partial charge in [-0.05, 0) is 42.6 Å². The van der Waals surface area contributed by atoms with Crippen molar-refractivity contribution in [3.63, 3.8) is 0 Å². The summed E-state index contributed by atoms with van der Waals surface area (Å²) in [5, 5.41) is 0. The molecule has 1 saturated heterocycles. The number of ether oxygens (including phenoxy) is 1. The molecule has 2 saturated carbocycles. The molecule has 0 aromatic heterocycles. The highest BCUT2D eigenvalue weighted by molar-refractivity contribution is 6.09. The molecule has 5 aliphatic rings. The average Bonchev–Trinajstić information content (AvgIpc) is 3.65. The number of benzene rings is 2. The van der Waals surface area contributed by atoms with Crippen LogP contribution in [0.5, 0.6) is 0 Å².